The summed E-state index contributed by atoms with van der Waals surface area (Å²) in [7, 11) is 0. The van der Waals surface area contributed by atoms with E-state index in [1.165, 1.54) is 0 Å². The minimum Gasteiger partial charge on any atom is -0.370 e. The first-order valence-corrected chi connectivity index (χ1v) is 7.46. The van der Waals surface area contributed by atoms with Gasteiger partial charge in [-0.15, -0.1) is 0 Å². The number of hydrogen-bond donors (Lipinski definition) is 3. The maximum atomic E-state index is 11.8. The second-order valence-electron chi connectivity index (χ2n) is 5.50. The number of nitrogens with two attached hydrogens (primary N) is 2. The Morgan fingerprint density at radius 2 is 2.04 bits per heavy atom. The first kappa shape index (κ1) is 16.7. The molecule has 1 aliphatic rings. The maximum absolute atomic E-state index is 11.8. The third-order valence-corrected chi connectivity index (χ3v) is 3.84. The van der Waals surface area contributed by atoms with Gasteiger partial charge in [0.2, 0.25) is 11.7 Å². The van der Waals surface area contributed by atoms with Crippen LogP contribution < -0.4 is 16.8 Å². The van der Waals surface area contributed by atoms with Gasteiger partial charge in [0.05, 0.1) is 0 Å². The van der Waals surface area contributed by atoms with Crippen molar-refractivity contribution in [2.24, 2.45) is 16.5 Å². The van der Waals surface area contributed by atoms with Crippen molar-refractivity contribution in [3.8, 4) is 0 Å². The molecule has 2 amide bonds. The Kier molecular flexibility index (Phi) is 5.46. The van der Waals surface area contributed by atoms with Crippen molar-refractivity contribution < 1.29 is 14.4 Å². The fourth-order valence-electron chi connectivity index (χ4n) is 2.72. The molecule has 0 aliphatic carbocycles. The van der Waals surface area contributed by atoms with Gasteiger partial charge in [-0.25, -0.2) is 0 Å². The van der Waals surface area contributed by atoms with Crippen LogP contribution in [0.5, 0.6) is 0 Å². The van der Waals surface area contributed by atoms with Crippen molar-refractivity contribution in [3.05, 3.63) is 29.3 Å². The summed E-state index contributed by atoms with van der Waals surface area (Å²) in [5.74, 6) is -2.16. The van der Waals surface area contributed by atoms with Gasteiger partial charge in [0, 0.05) is 30.3 Å². The second kappa shape index (κ2) is 7.53. The van der Waals surface area contributed by atoms with Crippen LogP contribution >= 0.6 is 0 Å². The molecule has 0 radical (unpaired) electrons. The zero-order chi connectivity index (χ0) is 16.8. The molecule has 0 spiro atoms. The molecule has 7 heteroatoms. The van der Waals surface area contributed by atoms with E-state index in [1.54, 1.807) is 6.21 Å². The highest BCUT2D eigenvalue weighted by Gasteiger charge is 2.23. The molecule has 1 aromatic carbocycles. The molecular formula is C16H20N4O3. The first-order valence-electron chi connectivity index (χ1n) is 7.46. The van der Waals surface area contributed by atoms with Gasteiger partial charge in [-0.05, 0) is 30.4 Å². The molecule has 5 N–H and O–H groups in total. The highest BCUT2D eigenvalue weighted by Crippen LogP contribution is 2.32. The molecule has 2 rings (SSSR count). The zero-order valence-corrected chi connectivity index (χ0v) is 12.7. The van der Waals surface area contributed by atoms with Gasteiger partial charge < -0.3 is 16.8 Å². The minimum absolute atomic E-state index is 0.0123. The van der Waals surface area contributed by atoms with Crippen molar-refractivity contribution in [2.45, 2.75) is 31.6 Å². The molecule has 1 unspecified atom stereocenters. The summed E-state index contributed by atoms with van der Waals surface area (Å²) in [5, 5.41) is 3.16. The number of carbonyl (C=O) groups is 3. The summed E-state index contributed by atoms with van der Waals surface area (Å²) >= 11 is 0. The van der Waals surface area contributed by atoms with Crippen molar-refractivity contribution >= 4 is 29.5 Å². The fourth-order valence-corrected chi connectivity index (χ4v) is 2.72. The maximum Gasteiger partial charge on any atom is 0.284 e. The topological polar surface area (TPSA) is 128 Å². The predicted molar refractivity (Wildman–Crippen MR) is 87.1 cm³/mol. The van der Waals surface area contributed by atoms with E-state index in [1.807, 2.05) is 18.2 Å². The number of anilines is 1. The number of benzene rings is 1. The largest absolute Gasteiger partial charge is 0.370 e. The Morgan fingerprint density at radius 3 is 2.74 bits per heavy atom. The Labute approximate surface area is 134 Å². The van der Waals surface area contributed by atoms with Crippen LogP contribution in [-0.2, 0) is 14.4 Å². The van der Waals surface area contributed by atoms with E-state index >= 15 is 0 Å². The van der Waals surface area contributed by atoms with E-state index in [2.05, 4.69) is 10.3 Å². The van der Waals surface area contributed by atoms with Crippen LogP contribution in [0.1, 0.15) is 42.7 Å². The van der Waals surface area contributed by atoms with Gasteiger partial charge in [-0.2, -0.15) is 0 Å². The number of primary amides is 2. The summed E-state index contributed by atoms with van der Waals surface area (Å²) in [5.41, 5.74) is 13.0. The lowest BCUT2D eigenvalue weighted by molar-refractivity contribution is -0.136. The lowest BCUT2D eigenvalue weighted by Gasteiger charge is -2.22. The van der Waals surface area contributed by atoms with Gasteiger partial charge in [-0.1, -0.05) is 12.1 Å². The number of nitrogens with zero attached hydrogens (tertiary/aromatic N) is 1. The Bertz CT molecular complexity index is 655. The molecule has 1 aliphatic heterocycles. The number of fused-ring (bicyclic) bond motifs is 1. The van der Waals surface area contributed by atoms with Gasteiger partial charge in [0.25, 0.3) is 5.91 Å². The smallest absolute Gasteiger partial charge is 0.284 e. The van der Waals surface area contributed by atoms with Gasteiger partial charge in [0.1, 0.15) is 6.67 Å². The molecule has 1 atom stereocenters. The molecule has 1 heterocycles. The Hall–Kier alpha value is -2.70. The molecule has 23 heavy (non-hydrogen) atoms. The van der Waals surface area contributed by atoms with E-state index in [-0.39, 0.29) is 24.7 Å². The summed E-state index contributed by atoms with van der Waals surface area (Å²) in [4.78, 5) is 38.0. The number of nitrogens with one attached hydrogen (secondary N) is 1. The van der Waals surface area contributed by atoms with E-state index in [9.17, 15) is 14.4 Å². The third-order valence-electron chi connectivity index (χ3n) is 3.84. The van der Waals surface area contributed by atoms with Crippen molar-refractivity contribution in [1.29, 1.82) is 0 Å². The summed E-state index contributed by atoms with van der Waals surface area (Å²) in [6, 6.07) is 5.72. The van der Waals surface area contributed by atoms with Crippen LogP contribution in [-0.4, -0.2) is 30.5 Å². The normalized spacial score (nSPS) is 13.7. The molecule has 0 fully saturated rings. The molecular weight excluding hydrogens is 296 g/mol. The van der Waals surface area contributed by atoms with Crippen molar-refractivity contribution in [2.75, 3.05) is 12.0 Å². The van der Waals surface area contributed by atoms with Gasteiger partial charge in [-0.3, -0.25) is 19.4 Å². The molecule has 0 bridgehead atoms. The minimum atomic E-state index is -0.943. The number of Topliss-reactive ketones (excluding diaryl/α,β-unsaturated/α-hetero) is 1. The number of aliphatic imine (C=N–C) groups is 1. The average Bonchev–Trinajstić information content (AvgIpc) is 2.53. The van der Waals surface area contributed by atoms with E-state index in [0.717, 1.165) is 16.8 Å². The van der Waals surface area contributed by atoms with E-state index < -0.39 is 11.7 Å². The predicted octanol–water partition coefficient (Wildman–Crippen LogP) is 0.672. The highest BCUT2D eigenvalue weighted by atomic mass is 16.2. The highest BCUT2D eigenvalue weighted by molar-refractivity contribution is 6.35. The molecule has 0 saturated carbocycles. The molecule has 122 valence electrons. The molecule has 0 aromatic heterocycles. The lowest BCUT2D eigenvalue weighted by atomic mass is 9.85. The fraction of sp³-hybridized carbons (Fsp3) is 0.375. The molecule has 0 saturated heterocycles. The Morgan fingerprint density at radius 1 is 1.26 bits per heavy atom. The lowest BCUT2D eigenvalue weighted by Crippen LogP contribution is -2.25. The monoisotopic (exact) mass is 316 g/mol. The average molecular weight is 316 g/mol. The van der Waals surface area contributed by atoms with Crippen LogP contribution in [0.2, 0.25) is 0 Å². The van der Waals surface area contributed by atoms with Crippen molar-refractivity contribution in [3.63, 3.8) is 0 Å². The van der Waals surface area contributed by atoms with Crippen molar-refractivity contribution in [1.82, 2.24) is 0 Å². The number of rotatable bonds is 8. The third kappa shape index (κ3) is 4.38. The van der Waals surface area contributed by atoms with Crippen LogP contribution in [0.25, 0.3) is 0 Å². The zero-order valence-electron chi connectivity index (χ0n) is 12.7. The van der Waals surface area contributed by atoms with Gasteiger partial charge >= 0.3 is 0 Å². The summed E-state index contributed by atoms with van der Waals surface area (Å²) in [6.45, 7) is 0.503. The summed E-state index contributed by atoms with van der Waals surface area (Å²) < 4.78 is 0. The van der Waals surface area contributed by atoms with Gasteiger partial charge in [0.15, 0.2) is 0 Å². The van der Waals surface area contributed by atoms with Crippen LogP contribution in [0.3, 0.4) is 0 Å². The van der Waals surface area contributed by atoms with Crippen LogP contribution in [0, 0.1) is 0 Å². The second-order valence-corrected chi connectivity index (χ2v) is 5.50. The van der Waals surface area contributed by atoms with E-state index in [4.69, 9.17) is 11.5 Å². The van der Waals surface area contributed by atoms with E-state index in [0.29, 0.717) is 19.5 Å². The number of ketones is 1. The quantitative estimate of drug-likeness (QED) is 0.609. The number of hydrogen-bond acceptors (Lipinski definition) is 5. The summed E-state index contributed by atoms with van der Waals surface area (Å²) in [6.07, 6.45) is 3.12. The van der Waals surface area contributed by atoms with Crippen LogP contribution in [0.15, 0.2) is 23.2 Å². The standard InChI is InChI=1S/C16H20N4O3/c17-15(22)6-1-3-10(7-14(21)16(18)23)11-4-2-5-13-12(11)8-19-9-20-13/h2,4-5,8,10,20H,1,3,6-7,9H2,(H2,17,22)(H2,18,23). The molecule has 7 nitrogen and oxygen atoms in total. The number of amides is 2. The Balaban J connectivity index is 2.26. The SMILES string of the molecule is NC(=O)CCCC(CC(=O)C(N)=O)c1cccc2c1C=NCN2. The molecule has 1 aromatic rings. The first-order chi connectivity index (χ1) is 11.0. The number of carbonyl (C=O) groups excluding carboxylic acids is 3. The van der Waals surface area contributed by atoms with Crippen LogP contribution in [0.4, 0.5) is 5.69 Å².